The minimum Gasteiger partial charge on any atom is -0.325 e. The third kappa shape index (κ3) is 5.19. The molecule has 0 aliphatic carbocycles. The van der Waals surface area contributed by atoms with Crippen molar-refractivity contribution in [3.63, 3.8) is 0 Å². The van der Waals surface area contributed by atoms with Crippen LogP contribution in [0.2, 0.25) is 0 Å². The van der Waals surface area contributed by atoms with Crippen molar-refractivity contribution in [1.29, 1.82) is 0 Å². The SMILES string of the molecule is Cc1cc(Br)ccc1NC(=O)CN[C@@H](c1ccccc1)C(C)C. The zero-order chi connectivity index (χ0) is 16.8. The topological polar surface area (TPSA) is 41.1 Å². The van der Waals surface area contributed by atoms with E-state index in [1.807, 2.05) is 43.3 Å². The largest absolute Gasteiger partial charge is 0.325 e. The number of carbonyl (C=O) groups excluding carboxylic acids is 1. The smallest absolute Gasteiger partial charge is 0.238 e. The van der Waals surface area contributed by atoms with Gasteiger partial charge in [-0.15, -0.1) is 0 Å². The average molecular weight is 375 g/mol. The normalized spacial score (nSPS) is 12.2. The van der Waals surface area contributed by atoms with E-state index in [9.17, 15) is 4.79 Å². The van der Waals surface area contributed by atoms with Crippen molar-refractivity contribution in [1.82, 2.24) is 5.32 Å². The molecule has 2 rings (SSSR count). The van der Waals surface area contributed by atoms with Gasteiger partial charge in [-0.3, -0.25) is 4.79 Å². The Morgan fingerprint density at radius 1 is 1.13 bits per heavy atom. The molecule has 0 heterocycles. The van der Waals surface area contributed by atoms with Crippen LogP contribution in [0.1, 0.15) is 31.0 Å². The van der Waals surface area contributed by atoms with Crippen LogP contribution in [0.25, 0.3) is 0 Å². The molecule has 1 atom stereocenters. The van der Waals surface area contributed by atoms with Crippen molar-refractivity contribution in [2.45, 2.75) is 26.8 Å². The highest BCUT2D eigenvalue weighted by molar-refractivity contribution is 9.10. The number of halogens is 1. The molecule has 2 aromatic carbocycles. The first-order valence-corrected chi connectivity index (χ1v) is 8.61. The number of carbonyl (C=O) groups is 1. The number of rotatable bonds is 6. The maximum atomic E-state index is 12.2. The van der Waals surface area contributed by atoms with Crippen molar-refractivity contribution in [2.75, 3.05) is 11.9 Å². The van der Waals surface area contributed by atoms with Gasteiger partial charge in [0.1, 0.15) is 0 Å². The van der Waals surface area contributed by atoms with Crippen LogP contribution in [0, 0.1) is 12.8 Å². The fourth-order valence-corrected chi connectivity index (χ4v) is 3.04. The lowest BCUT2D eigenvalue weighted by Gasteiger charge is -2.23. The summed E-state index contributed by atoms with van der Waals surface area (Å²) in [7, 11) is 0. The maximum Gasteiger partial charge on any atom is 0.238 e. The highest BCUT2D eigenvalue weighted by atomic mass is 79.9. The average Bonchev–Trinajstić information content (AvgIpc) is 2.51. The van der Waals surface area contributed by atoms with Crippen LogP contribution in [0.15, 0.2) is 53.0 Å². The molecule has 0 unspecified atom stereocenters. The molecule has 122 valence electrons. The molecule has 0 spiro atoms. The molecule has 2 aromatic rings. The quantitative estimate of drug-likeness (QED) is 0.770. The molecule has 0 aliphatic heterocycles. The van der Waals surface area contributed by atoms with Gasteiger partial charge in [0, 0.05) is 16.2 Å². The first kappa shape index (κ1) is 17.7. The highest BCUT2D eigenvalue weighted by Gasteiger charge is 2.16. The third-order valence-corrected chi connectivity index (χ3v) is 4.26. The van der Waals surface area contributed by atoms with Crippen LogP contribution < -0.4 is 10.6 Å². The molecule has 2 N–H and O–H groups in total. The van der Waals surface area contributed by atoms with Crippen molar-refractivity contribution < 1.29 is 4.79 Å². The highest BCUT2D eigenvalue weighted by Crippen LogP contribution is 2.22. The first-order valence-electron chi connectivity index (χ1n) is 7.81. The molecular formula is C19H23BrN2O. The fourth-order valence-electron chi connectivity index (χ4n) is 2.56. The van der Waals surface area contributed by atoms with Gasteiger partial charge in [-0.25, -0.2) is 0 Å². The Kier molecular flexibility index (Phi) is 6.37. The Morgan fingerprint density at radius 3 is 2.43 bits per heavy atom. The number of anilines is 1. The van der Waals surface area contributed by atoms with Gasteiger partial charge >= 0.3 is 0 Å². The summed E-state index contributed by atoms with van der Waals surface area (Å²) in [5, 5.41) is 6.33. The first-order chi connectivity index (χ1) is 11.0. The standard InChI is InChI=1S/C19H23BrN2O/c1-13(2)19(15-7-5-4-6-8-15)21-12-18(23)22-17-10-9-16(20)11-14(17)3/h4-11,13,19,21H,12H2,1-3H3,(H,22,23)/t19-/m1/s1. The molecule has 0 aromatic heterocycles. The van der Waals surface area contributed by atoms with E-state index < -0.39 is 0 Å². The predicted octanol–water partition coefficient (Wildman–Crippen LogP) is 4.68. The Balaban J connectivity index is 1.97. The molecule has 1 amide bonds. The lowest BCUT2D eigenvalue weighted by atomic mass is 9.96. The molecule has 4 heteroatoms. The monoisotopic (exact) mass is 374 g/mol. The lowest BCUT2D eigenvalue weighted by Crippen LogP contribution is -2.33. The van der Waals surface area contributed by atoms with Crippen LogP contribution >= 0.6 is 15.9 Å². The summed E-state index contributed by atoms with van der Waals surface area (Å²) < 4.78 is 1.01. The number of nitrogens with one attached hydrogen (secondary N) is 2. The van der Waals surface area contributed by atoms with E-state index in [2.05, 4.69) is 52.5 Å². The molecular weight excluding hydrogens is 352 g/mol. The van der Waals surface area contributed by atoms with Gasteiger partial charge in [-0.1, -0.05) is 60.1 Å². The number of amides is 1. The van der Waals surface area contributed by atoms with Crippen LogP contribution in [-0.4, -0.2) is 12.5 Å². The molecule has 23 heavy (non-hydrogen) atoms. The molecule has 0 bridgehead atoms. The van der Waals surface area contributed by atoms with E-state index in [1.165, 1.54) is 5.56 Å². The van der Waals surface area contributed by atoms with Gasteiger partial charge in [0.05, 0.1) is 6.54 Å². The minimum atomic E-state index is -0.0306. The van der Waals surface area contributed by atoms with Crippen LogP contribution in [0.5, 0.6) is 0 Å². The van der Waals surface area contributed by atoms with Gasteiger partial charge < -0.3 is 10.6 Å². The van der Waals surface area contributed by atoms with E-state index in [1.54, 1.807) is 0 Å². The summed E-state index contributed by atoms with van der Waals surface area (Å²) in [5.74, 6) is 0.372. The van der Waals surface area contributed by atoms with E-state index >= 15 is 0 Å². The van der Waals surface area contributed by atoms with Crippen LogP contribution in [0.3, 0.4) is 0 Å². The molecule has 0 radical (unpaired) electrons. The summed E-state index contributed by atoms with van der Waals surface area (Å²) in [6, 6.07) is 16.2. The summed E-state index contributed by atoms with van der Waals surface area (Å²) in [4.78, 5) is 12.2. The summed E-state index contributed by atoms with van der Waals surface area (Å²) >= 11 is 3.43. The Bertz CT molecular complexity index is 656. The summed E-state index contributed by atoms with van der Waals surface area (Å²) in [6.45, 7) is 6.57. The molecule has 0 fully saturated rings. The second-order valence-corrected chi connectivity index (χ2v) is 6.94. The van der Waals surface area contributed by atoms with Gasteiger partial charge in [0.25, 0.3) is 0 Å². The predicted molar refractivity (Wildman–Crippen MR) is 99.5 cm³/mol. The van der Waals surface area contributed by atoms with E-state index in [4.69, 9.17) is 0 Å². The zero-order valence-corrected chi connectivity index (χ0v) is 15.4. The van der Waals surface area contributed by atoms with E-state index in [0.717, 1.165) is 15.7 Å². The molecule has 3 nitrogen and oxygen atoms in total. The van der Waals surface area contributed by atoms with Crippen molar-refractivity contribution in [2.24, 2.45) is 5.92 Å². The molecule has 0 saturated carbocycles. The van der Waals surface area contributed by atoms with Crippen molar-refractivity contribution in [3.8, 4) is 0 Å². The number of hydrogen-bond donors (Lipinski definition) is 2. The summed E-state index contributed by atoms with van der Waals surface area (Å²) in [6.07, 6.45) is 0. The number of hydrogen-bond acceptors (Lipinski definition) is 2. The number of aryl methyl sites for hydroxylation is 1. The third-order valence-electron chi connectivity index (χ3n) is 3.77. The van der Waals surface area contributed by atoms with Crippen LogP contribution in [-0.2, 0) is 4.79 Å². The Labute approximate surface area is 146 Å². The molecule has 0 saturated heterocycles. The van der Waals surface area contributed by atoms with Gasteiger partial charge in [-0.2, -0.15) is 0 Å². The lowest BCUT2D eigenvalue weighted by molar-refractivity contribution is -0.115. The number of benzene rings is 2. The van der Waals surface area contributed by atoms with Crippen LogP contribution in [0.4, 0.5) is 5.69 Å². The van der Waals surface area contributed by atoms with Crippen molar-refractivity contribution >= 4 is 27.5 Å². The van der Waals surface area contributed by atoms with Gasteiger partial charge in [-0.05, 0) is 42.2 Å². The van der Waals surface area contributed by atoms with E-state index in [0.29, 0.717) is 5.92 Å². The molecule has 0 aliphatic rings. The fraction of sp³-hybridized carbons (Fsp3) is 0.316. The maximum absolute atomic E-state index is 12.2. The van der Waals surface area contributed by atoms with Crippen molar-refractivity contribution in [3.05, 3.63) is 64.1 Å². The minimum absolute atomic E-state index is 0.0306. The van der Waals surface area contributed by atoms with Gasteiger partial charge in [0.15, 0.2) is 0 Å². The van der Waals surface area contributed by atoms with E-state index in [-0.39, 0.29) is 18.5 Å². The second kappa shape index (κ2) is 8.27. The Morgan fingerprint density at radius 2 is 1.83 bits per heavy atom. The van der Waals surface area contributed by atoms with Gasteiger partial charge in [0.2, 0.25) is 5.91 Å². The summed E-state index contributed by atoms with van der Waals surface area (Å²) in [5.41, 5.74) is 3.09. The second-order valence-electron chi connectivity index (χ2n) is 6.02. The Hall–Kier alpha value is -1.65. The zero-order valence-electron chi connectivity index (χ0n) is 13.8.